The van der Waals surface area contributed by atoms with Gasteiger partial charge < -0.3 is 4.74 Å². The Morgan fingerprint density at radius 2 is 1.80 bits per heavy atom. The van der Waals surface area contributed by atoms with Crippen molar-refractivity contribution >= 4 is 15.9 Å². The molecule has 2 N–H and O–H groups in total. The molecule has 7 nitrogen and oxygen atoms in total. The predicted octanol–water partition coefficient (Wildman–Crippen LogP) is 2.63. The first-order valence-electron chi connectivity index (χ1n) is 9.77. The lowest BCUT2D eigenvalue weighted by Crippen LogP contribution is -2.41. The van der Waals surface area contributed by atoms with Crippen LogP contribution in [0.1, 0.15) is 30.4 Å². The molecule has 0 spiro atoms. The van der Waals surface area contributed by atoms with Gasteiger partial charge in [-0.3, -0.25) is 10.0 Å². The van der Waals surface area contributed by atoms with Gasteiger partial charge in [-0.1, -0.05) is 30.3 Å². The molecule has 162 valence electrons. The Morgan fingerprint density at radius 3 is 2.47 bits per heavy atom. The first-order chi connectivity index (χ1) is 14.4. The van der Waals surface area contributed by atoms with Crippen LogP contribution in [-0.2, 0) is 32.6 Å². The Hall–Kier alpha value is -2.33. The second-order valence-electron chi connectivity index (χ2n) is 7.18. The number of hydroxylamine groups is 1. The van der Waals surface area contributed by atoms with Gasteiger partial charge in [0.15, 0.2) is 0 Å². The Labute approximate surface area is 175 Å². The van der Waals surface area contributed by atoms with Gasteiger partial charge in [0.1, 0.15) is 5.82 Å². The number of hydrogen-bond acceptors (Lipinski definition) is 5. The van der Waals surface area contributed by atoms with Crippen LogP contribution in [0.25, 0.3) is 0 Å². The van der Waals surface area contributed by atoms with Crippen molar-refractivity contribution in [2.45, 2.75) is 43.3 Å². The Bertz CT molecular complexity index is 958. The molecule has 1 aliphatic rings. The third kappa shape index (κ3) is 5.63. The number of nitrogens with zero attached hydrogens (tertiary/aromatic N) is 1. The Kier molecular flexibility index (Phi) is 7.54. The molecular weight excluding hydrogens is 411 g/mol. The van der Waals surface area contributed by atoms with E-state index in [0.717, 1.165) is 5.56 Å². The largest absolute Gasteiger partial charge is 0.373 e. The van der Waals surface area contributed by atoms with Crippen molar-refractivity contribution < 1.29 is 27.5 Å². The lowest BCUT2D eigenvalue weighted by molar-refractivity contribution is -0.129. The summed E-state index contributed by atoms with van der Waals surface area (Å²) in [4.78, 5) is 11.5. The van der Waals surface area contributed by atoms with Crippen molar-refractivity contribution in [1.29, 1.82) is 0 Å². The molecule has 2 aromatic carbocycles. The number of sulfonamides is 1. The number of aryl methyl sites for hydroxylation is 1. The summed E-state index contributed by atoms with van der Waals surface area (Å²) in [7, 11) is -3.70. The minimum absolute atomic E-state index is 0.0116. The van der Waals surface area contributed by atoms with Crippen LogP contribution >= 0.6 is 0 Å². The summed E-state index contributed by atoms with van der Waals surface area (Å²) in [5.41, 5.74) is 2.96. The molecule has 0 saturated carbocycles. The van der Waals surface area contributed by atoms with Crippen LogP contribution in [0, 0.1) is 5.82 Å². The van der Waals surface area contributed by atoms with Crippen molar-refractivity contribution in [2.75, 3.05) is 13.1 Å². The molecule has 1 amide bonds. The van der Waals surface area contributed by atoms with Gasteiger partial charge in [0, 0.05) is 19.5 Å². The number of piperidine rings is 1. The van der Waals surface area contributed by atoms with Crippen molar-refractivity contribution in [2.24, 2.45) is 0 Å². The van der Waals surface area contributed by atoms with Crippen LogP contribution in [0.15, 0.2) is 53.4 Å². The average Bonchev–Trinajstić information content (AvgIpc) is 2.77. The summed E-state index contributed by atoms with van der Waals surface area (Å²) in [6, 6.07) is 12.7. The van der Waals surface area contributed by atoms with Gasteiger partial charge in [-0.25, -0.2) is 18.3 Å². The normalized spacial score (nSPS) is 15.8. The molecule has 2 aromatic rings. The second kappa shape index (κ2) is 10.1. The number of carbonyl (C=O) groups is 1. The zero-order chi connectivity index (χ0) is 21.6. The molecule has 0 bridgehead atoms. The fourth-order valence-corrected chi connectivity index (χ4v) is 5.16. The fourth-order valence-electron chi connectivity index (χ4n) is 3.44. The summed E-state index contributed by atoms with van der Waals surface area (Å²) >= 11 is 0. The van der Waals surface area contributed by atoms with Gasteiger partial charge in [0.2, 0.25) is 15.9 Å². The van der Waals surface area contributed by atoms with Gasteiger partial charge >= 0.3 is 0 Å². The van der Waals surface area contributed by atoms with Crippen LogP contribution in [0.2, 0.25) is 0 Å². The molecule has 1 saturated heterocycles. The number of rotatable bonds is 8. The molecule has 0 radical (unpaired) electrons. The first kappa shape index (κ1) is 22.4. The van der Waals surface area contributed by atoms with Gasteiger partial charge in [-0.05, 0) is 48.6 Å². The topological polar surface area (TPSA) is 95.9 Å². The number of nitrogens with one attached hydrogen (secondary N) is 1. The molecule has 1 heterocycles. The SMILES string of the molecule is O=C(CCc1ccccc1S(=O)(=O)N1CCC(OCc2ccc(F)cc2)CC1)NO. The van der Waals surface area contributed by atoms with E-state index in [-0.39, 0.29) is 29.7 Å². The minimum atomic E-state index is -3.70. The highest BCUT2D eigenvalue weighted by atomic mass is 32.2. The van der Waals surface area contributed by atoms with Crippen LogP contribution < -0.4 is 5.48 Å². The molecule has 1 aliphatic heterocycles. The molecule has 9 heteroatoms. The summed E-state index contributed by atoms with van der Waals surface area (Å²) < 4.78 is 46.6. The Balaban J connectivity index is 1.59. The summed E-state index contributed by atoms with van der Waals surface area (Å²) in [6.07, 6.45) is 1.26. The number of carbonyl (C=O) groups excluding carboxylic acids is 1. The van der Waals surface area contributed by atoms with E-state index in [1.54, 1.807) is 41.9 Å². The van der Waals surface area contributed by atoms with Crippen LogP contribution in [-0.4, -0.2) is 43.0 Å². The van der Waals surface area contributed by atoms with Gasteiger partial charge in [0.05, 0.1) is 17.6 Å². The van der Waals surface area contributed by atoms with E-state index in [2.05, 4.69) is 0 Å². The van der Waals surface area contributed by atoms with Crippen molar-refractivity contribution in [3.8, 4) is 0 Å². The van der Waals surface area contributed by atoms with Crippen molar-refractivity contribution in [3.05, 3.63) is 65.5 Å². The monoisotopic (exact) mass is 436 g/mol. The third-order valence-corrected chi connectivity index (χ3v) is 7.14. The molecule has 0 aromatic heterocycles. The molecule has 30 heavy (non-hydrogen) atoms. The zero-order valence-corrected chi connectivity index (χ0v) is 17.3. The maximum Gasteiger partial charge on any atom is 0.243 e. The maximum absolute atomic E-state index is 13.1. The molecule has 0 atom stereocenters. The zero-order valence-electron chi connectivity index (χ0n) is 16.5. The summed E-state index contributed by atoms with van der Waals surface area (Å²) in [5.74, 6) is -0.865. The van der Waals surface area contributed by atoms with E-state index in [1.807, 2.05) is 0 Å². The highest BCUT2D eigenvalue weighted by molar-refractivity contribution is 7.89. The summed E-state index contributed by atoms with van der Waals surface area (Å²) in [6.45, 7) is 1.03. The second-order valence-corrected chi connectivity index (χ2v) is 9.09. The predicted molar refractivity (Wildman–Crippen MR) is 108 cm³/mol. The highest BCUT2D eigenvalue weighted by Crippen LogP contribution is 2.25. The van der Waals surface area contributed by atoms with E-state index in [1.165, 1.54) is 16.4 Å². The molecule has 0 aliphatic carbocycles. The van der Waals surface area contributed by atoms with E-state index >= 15 is 0 Å². The standard InChI is InChI=1S/C21H25FN2O5S/c22-18-8-5-16(6-9-18)15-29-19-11-13-24(14-12-19)30(27,28)20-4-2-1-3-17(20)7-10-21(25)23-26/h1-6,8-9,19,26H,7,10-15H2,(H,23,25). The average molecular weight is 437 g/mol. The van der Waals surface area contributed by atoms with Crippen LogP contribution in [0.5, 0.6) is 0 Å². The van der Waals surface area contributed by atoms with Gasteiger partial charge in [-0.2, -0.15) is 4.31 Å². The van der Waals surface area contributed by atoms with Crippen LogP contribution in [0.3, 0.4) is 0 Å². The van der Waals surface area contributed by atoms with E-state index < -0.39 is 15.9 Å². The number of halogens is 1. The van der Waals surface area contributed by atoms with Gasteiger partial charge in [0.25, 0.3) is 0 Å². The lowest BCUT2D eigenvalue weighted by atomic mass is 10.1. The number of ether oxygens (including phenoxy) is 1. The highest BCUT2D eigenvalue weighted by Gasteiger charge is 2.31. The van der Waals surface area contributed by atoms with Gasteiger partial charge in [-0.15, -0.1) is 0 Å². The smallest absolute Gasteiger partial charge is 0.243 e. The summed E-state index contributed by atoms with van der Waals surface area (Å²) in [5, 5.41) is 8.64. The van der Waals surface area contributed by atoms with Crippen LogP contribution in [0.4, 0.5) is 4.39 Å². The third-order valence-electron chi connectivity index (χ3n) is 5.14. The molecule has 0 unspecified atom stereocenters. The number of hydrogen-bond donors (Lipinski definition) is 2. The van der Waals surface area contributed by atoms with E-state index in [0.29, 0.717) is 38.1 Å². The van der Waals surface area contributed by atoms with Crippen molar-refractivity contribution in [1.82, 2.24) is 9.79 Å². The number of amides is 1. The quantitative estimate of drug-likeness (QED) is 0.490. The first-order valence-corrected chi connectivity index (χ1v) is 11.2. The van der Waals surface area contributed by atoms with E-state index in [4.69, 9.17) is 9.94 Å². The minimum Gasteiger partial charge on any atom is -0.373 e. The molecule has 3 rings (SSSR count). The molecular formula is C21H25FN2O5S. The maximum atomic E-state index is 13.1. The lowest BCUT2D eigenvalue weighted by Gasteiger charge is -2.31. The van der Waals surface area contributed by atoms with Crippen molar-refractivity contribution in [3.63, 3.8) is 0 Å². The molecule has 1 fully saturated rings. The Morgan fingerprint density at radius 1 is 1.13 bits per heavy atom. The fraction of sp³-hybridized carbons (Fsp3) is 0.381. The van der Waals surface area contributed by atoms with E-state index in [9.17, 15) is 17.6 Å². The number of benzene rings is 2.